The van der Waals surface area contributed by atoms with Gasteiger partial charge in [0.05, 0.1) is 19.1 Å². The molecule has 0 saturated carbocycles. The standard InChI is InChI=1S/C21H18N4O3/c1-27-17-6-4-16(5-7-17)25-19(13-18(24-25)20-3-2-12-28-20)21(26)23-14-15-8-10-22-11-9-15/h2-13H,14H2,1H3,(H,23,26). The van der Waals surface area contributed by atoms with Crippen LogP contribution in [0.1, 0.15) is 16.1 Å². The topological polar surface area (TPSA) is 82.2 Å². The first-order valence-electron chi connectivity index (χ1n) is 8.70. The fourth-order valence-corrected chi connectivity index (χ4v) is 2.78. The molecule has 0 bridgehead atoms. The van der Waals surface area contributed by atoms with Crippen molar-refractivity contribution in [3.8, 4) is 22.9 Å². The van der Waals surface area contributed by atoms with Crippen LogP contribution in [0, 0.1) is 0 Å². The van der Waals surface area contributed by atoms with Gasteiger partial charge in [0.25, 0.3) is 5.91 Å². The van der Waals surface area contributed by atoms with Gasteiger partial charge in [-0.25, -0.2) is 4.68 Å². The van der Waals surface area contributed by atoms with Crippen molar-refractivity contribution < 1.29 is 13.9 Å². The fraction of sp³-hybridized carbons (Fsp3) is 0.0952. The van der Waals surface area contributed by atoms with E-state index in [1.54, 1.807) is 48.6 Å². The van der Waals surface area contributed by atoms with E-state index in [2.05, 4.69) is 15.4 Å². The lowest BCUT2D eigenvalue weighted by molar-refractivity contribution is 0.0943. The van der Waals surface area contributed by atoms with Crippen molar-refractivity contribution in [2.75, 3.05) is 7.11 Å². The minimum atomic E-state index is -0.238. The van der Waals surface area contributed by atoms with Gasteiger partial charge in [0, 0.05) is 25.0 Å². The first-order chi connectivity index (χ1) is 13.7. The van der Waals surface area contributed by atoms with Crippen LogP contribution in [0.15, 0.2) is 77.7 Å². The zero-order valence-corrected chi connectivity index (χ0v) is 15.2. The molecule has 0 fully saturated rings. The van der Waals surface area contributed by atoms with Gasteiger partial charge in [0.15, 0.2) is 5.76 Å². The molecule has 0 aliphatic carbocycles. The summed E-state index contributed by atoms with van der Waals surface area (Å²) in [7, 11) is 1.61. The van der Waals surface area contributed by atoms with Crippen LogP contribution in [0.5, 0.6) is 5.75 Å². The van der Waals surface area contributed by atoms with E-state index in [4.69, 9.17) is 9.15 Å². The summed E-state index contributed by atoms with van der Waals surface area (Å²) in [5, 5.41) is 7.49. The molecular formula is C21H18N4O3. The highest BCUT2D eigenvalue weighted by atomic mass is 16.5. The van der Waals surface area contributed by atoms with Crippen LogP contribution in [-0.4, -0.2) is 27.8 Å². The van der Waals surface area contributed by atoms with Crippen LogP contribution in [0.25, 0.3) is 17.1 Å². The average molecular weight is 374 g/mol. The Morgan fingerprint density at radius 1 is 1.14 bits per heavy atom. The van der Waals surface area contributed by atoms with E-state index in [1.165, 1.54) is 0 Å². The molecule has 0 aliphatic heterocycles. The van der Waals surface area contributed by atoms with E-state index < -0.39 is 0 Å². The Bertz CT molecular complexity index is 1060. The van der Waals surface area contributed by atoms with Gasteiger partial charge in [-0.05, 0) is 54.1 Å². The molecule has 0 saturated heterocycles. The lowest BCUT2D eigenvalue weighted by Gasteiger charge is -2.09. The second-order valence-corrected chi connectivity index (χ2v) is 6.04. The molecule has 7 nitrogen and oxygen atoms in total. The number of hydrogen-bond donors (Lipinski definition) is 1. The molecule has 0 unspecified atom stereocenters. The van der Waals surface area contributed by atoms with Gasteiger partial charge in [0.1, 0.15) is 17.1 Å². The molecule has 0 aliphatic rings. The number of ether oxygens (including phenoxy) is 1. The summed E-state index contributed by atoms with van der Waals surface area (Å²) in [5.41, 5.74) is 2.69. The summed E-state index contributed by atoms with van der Waals surface area (Å²) in [4.78, 5) is 16.9. The van der Waals surface area contributed by atoms with E-state index in [1.807, 2.05) is 36.4 Å². The summed E-state index contributed by atoms with van der Waals surface area (Å²) in [6.45, 7) is 0.394. The molecule has 1 amide bonds. The summed E-state index contributed by atoms with van der Waals surface area (Å²) in [6, 6.07) is 16.3. The molecule has 28 heavy (non-hydrogen) atoms. The SMILES string of the molecule is COc1ccc(-n2nc(-c3ccco3)cc2C(=O)NCc2ccncc2)cc1. The van der Waals surface area contributed by atoms with Crippen LogP contribution in [0.4, 0.5) is 0 Å². The van der Waals surface area contributed by atoms with Crippen LogP contribution >= 0.6 is 0 Å². The van der Waals surface area contributed by atoms with E-state index in [9.17, 15) is 4.79 Å². The largest absolute Gasteiger partial charge is 0.497 e. The minimum Gasteiger partial charge on any atom is -0.497 e. The van der Waals surface area contributed by atoms with Crippen molar-refractivity contribution in [2.24, 2.45) is 0 Å². The van der Waals surface area contributed by atoms with Gasteiger partial charge in [-0.1, -0.05) is 0 Å². The normalized spacial score (nSPS) is 10.6. The van der Waals surface area contributed by atoms with Crippen molar-refractivity contribution in [3.05, 3.63) is 84.5 Å². The van der Waals surface area contributed by atoms with Crippen molar-refractivity contribution in [1.29, 1.82) is 0 Å². The smallest absolute Gasteiger partial charge is 0.270 e. The molecule has 0 spiro atoms. The number of nitrogens with one attached hydrogen (secondary N) is 1. The molecule has 7 heteroatoms. The second kappa shape index (κ2) is 7.79. The van der Waals surface area contributed by atoms with E-state index in [0.29, 0.717) is 23.7 Å². The molecule has 4 aromatic rings. The van der Waals surface area contributed by atoms with E-state index in [-0.39, 0.29) is 5.91 Å². The minimum absolute atomic E-state index is 0.238. The highest BCUT2D eigenvalue weighted by Crippen LogP contribution is 2.23. The van der Waals surface area contributed by atoms with Crippen LogP contribution < -0.4 is 10.1 Å². The van der Waals surface area contributed by atoms with Crippen LogP contribution in [0.3, 0.4) is 0 Å². The Kier molecular flexibility index (Phi) is 4.88. The Morgan fingerprint density at radius 3 is 2.61 bits per heavy atom. The molecule has 4 rings (SSSR count). The first kappa shape index (κ1) is 17.5. The Labute approximate surface area is 161 Å². The summed E-state index contributed by atoms with van der Waals surface area (Å²) in [5.74, 6) is 1.08. The third-order valence-corrected chi connectivity index (χ3v) is 4.24. The molecular weight excluding hydrogens is 356 g/mol. The van der Waals surface area contributed by atoms with Gasteiger partial charge >= 0.3 is 0 Å². The van der Waals surface area contributed by atoms with Crippen molar-refractivity contribution in [3.63, 3.8) is 0 Å². The van der Waals surface area contributed by atoms with Gasteiger partial charge in [0.2, 0.25) is 0 Å². The second-order valence-electron chi connectivity index (χ2n) is 6.04. The predicted octanol–water partition coefficient (Wildman–Crippen LogP) is 3.47. The number of benzene rings is 1. The highest BCUT2D eigenvalue weighted by Gasteiger charge is 2.18. The van der Waals surface area contributed by atoms with E-state index >= 15 is 0 Å². The molecule has 0 radical (unpaired) electrons. The quantitative estimate of drug-likeness (QED) is 0.559. The number of carbonyl (C=O) groups excluding carboxylic acids is 1. The summed E-state index contributed by atoms with van der Waals surface area (Å²) >= 11 is 0. The van der Waals surface area contributed by atoms with Gasteiger partial charge in [-0.15, -0.1) is 0 Å². The maximum absolute atomic E-state index is 12.9. The lowest BCUT2D eigenvalue weighted by atomic mass is 10.2. The van der Waals surface area contributed by atoms with Crippen molar-refractivity contribution >= 4 is 5.91 Å². The monoisotopic (exact) mass is 374 g/mol. The molecule has 1 aromatic carbocycles. The first-order valence-corrected chi connectivity index (χ1v) is 8.70. The Balaban J connectivity index is 1.66. The Hall–Kier alpha value is -3.87. The van der Waals surface area contributed by atoms with Gasteiger partial charge < -0.3 is 14.5 Å². The number of pyridine rings is 1. The van der Waals surface area contributed by atoms with Gasteiger partial charge in [-0.3, -0.25) is 9.78 Å². The zero-order chi connectivity index (χ0) is 19.3. The maximum atomic E-state index is 12.9. The molecule has 3 heterocycles. The number of methoxy groups -OCH3 is 1. The van der Waals surface area contributed by atoms with Crippen molar-refractivity contribution in [1.82, 2.24) is 20.1 Å². The van der Waals surface area contributed by atoms with E-state index in [0.717, 1.165) is 17.0 Å². The third-order valence-electron chi connectivity index (χ3n) is 4.24. The highest BCUT2D eigenvalue weighted by molar-refractivity contribution is 5.94. The number of rotatable bonds is 6. The van der Waals surface area contributed by atoms with Crippen molar-refractivity contribution in [2.45, 2.75) is 6.54 Å². The molecule has 1 N–H and O–H groups in total. The number of nitrogens with zero attached hydrogens (tertiary/aromatic N) is 3. The Morgan fingerprint density at radius 2 is 1.93 bits per heavy atom. The predicted molar refractivity (Wildman–Crippen MR) is 103 cm³/mol. The van der Waals surface area contributed by atoms with Crippen LogP contribution in [0.2, 0.25) is 0 Å². The number of hydrogen-bond acceptors (Lipinski definition) is 5. The molecule has 3 aromatic heterocycles. The average Bonchev–Trinajstić information content (AvgIpc) is 3.43. The maximum Gasteiger partial charge on any atom is 0.270 e. The number of amides is 1. The zero-order valence-electron chi connectivity index (χ0n) is 15.2. The molecule has 140 valence electrons. The lowest BCUT2D eigenvalue weighted by Crippen LogP contribution is -2.25. The number of furan rings is 1. The third kappa shape index (κ3) is 3.64. The van der Waals surface area contributed by atoms with Gasteiger partial charge in [-0.2, -0.15) is 5.10 Å². The molecule has 0 atom stereocenters. The summed E-state index contributed by atoms with van der Waals surface area (Å²) in [6.07, 6.45) is 4.96. The van der Waals surface area contributed by atoms with Crippen LogP contribution in [-0.2, 0) is 6.54 Å². The number of carbonyl (C=O) groups is 1. The summed E-state index contributed by atoms with van der Waals surface area (Å²) < 4.78 is 12.2. The fourth-order valence-electron chi connectivity index (χ4n) is 2.78. The number of aromatic nitrogens is 3.